The second kappa shape index (κ2) is 10.1. The highest BCUT2D eigenvalue weighted by atomic mass is 16.4. The van der Waals surface area contributed by atoms with Crippen LogP contribution in [-0.2, 0) is 9.59 Å². The van der Waals surface area contributed by atoms with Crippen LogP contribution in [0.5, 0.6) is 0 Å². The fraction of sp³-hybridized carbons (Fsp3) is 0.750. The molecular weight excluding hydrogens is 186 g/mol. The maximum Gasteiger partial charge on any atom is 0.320 e. The van der Waals surface area contributed by atoms with Crippen LogP contribution in [0.1, 0.15) is 19.8 Å². The molecule has 2 unspecified atom stereocenters. The van der Waals surface area contributed by atoms with Crippen LogP contribution >= 0.6 is 0 Å². The Morgan fingerprint density at radius 2 is 2.00 bits per heavy atom. The lowest BCUT2D eigenvalue weighted by Gasteiger charge is -1.97. The van der Waals surface area contributed by atoms with Gasteiger partial charge in [-0.25, -0.2) is 0 Å². The number of carboxylic acid groups (broad SMARTS) is 1. The van der Waals surface area contributed by atoms with E-state index >= 15 is 0 Å². The second-order valence-corrected chi connectivity index (χ2v) is 2.73. The highest BCUT2D eigenvalue weighted by Crippen LogP contribution is 1.82. The quantitative estimate of drug-likeness (QED) is 0.411. The fourth-order valence-corrected chi connectivity index (χ4v) is 0.435. The first-order valence-electron chi connectivity index (χ1n) is 4.38. The molecule has 0 spiro atoms. The van der Waals surface area contributed by atoms with Crippen LogP contribution in [0.4, 0.5) is 0 Å². The Morgan fingerprint density at radius 1 is 1.50 bits per heavy atom. The number of hydrogen-bond acceptors (Lipinski definition) is 5. The topological polar surface area (TPSA) is 132 Å². The predicted octanol–water partition coefficient (Wildman–Crippen LogP) is -1.33. The third-order valence-corrected chi connectivity index (χ3v) is 1.43. The van der Waals surface area contributed by atoms with Gasteiger partial charge in [0.1, 0.15) is 12.3 Å². The number of carbonyl (C=O) groups is 2. The number of nitrogens with two attached hydrogens (primary N) is 3. The zero-order chi connectivity index (χ0) is 11.6. The zero-order valence-corrected chi connectivity index (χ0v) is 8.35. The molecule has 0 saturated carbocycles. The van der Waals surface area contributed by atoms with Crippen LogP contribution in [0.25, 0.3) is 0 Å². The van der Waals surface area contributed by atoms with Gasteiger partial charge < -0.3 is 27.1 Å². The van der Waals surface area contributed by atoms with Gasteiger partial charge in [-0.05, 0) is 19.4 Å². The molecule has 0 aliphatic rings. The molecule has 6 nitrogen and oxygen atoms in total. The van der Waals surface area contributed by atoms with E-state index < -0.39 is 12.0 Å². The molecule has 0 rings (SSSR count). The standard InChI is InChI=1S/C4H10N2O.C4H9NO2/c5-2-1-4(6)3-7;1-2-3(5)4(6)7/h3-4H,1-2,5-6H2;3H,2,5H2,1H3,(H,6,7). The van der Waals surface area contributed by atoms with E-state index in [2.05, 4.69) is 0 Å². The summed E-state index contributed by atoms with van der Waals surface area (Å²) in [5.41, 5.74) is 15.2. The molecule has 0 aliphatic carbocycles. The van der Waals surface area contributed by atoms with E-state index in [0.717, 1.165) is 0 Å². The molecule has 14 heavy (non-hydrogen) atoms. The summed E-state index contributed by atoms with van der Waals surface area (Å²) in [6.45, 7) is 2.22. The van der Waals surface area contributed by atoms with Crippen molar-refractivity contribution in [3.8, 4) is 0 Å². The van der Waals surface area contributed by atoms with Gasteiger partial charge in [0.15, 0.2) is 0 Å². The first-order valence-corrected chi connectivity index (χ1v) is 4.38. The summed E-state index contributed by atoms with van der Waals surface area (Å²) in [6, 6.07) is -1.04. The van der Waals surface area contributed by atoms with Gasteiger partial charge in [-0.2, -0.15) is 0 Å². The summed E-state index contributed by atoms with van der Waals surface area (Å²) in [5.74, 6) is -0.928. The molecule has 7 N–H and O–H groups in total. The summed E-state index contributed by atoms with van der Waals surface area (Å²) < 4.78 is 0. The largest absolute Gasteiger partial charge is 0.480 e. The molecule has 0 radical (unpaired) electrons. The van der Waals surface area contributed by atoms with Crippen molar-refractivity contribution in [3.63, 3.8) is 0 Å². The van der Waals surface area contributed by atoms with E-state index in [-0.39, 0.29) is 6.04 Å². The molecule has 0 aliphatic heterocycles. The van der Waals surface area contributed by atoms with E-state index in [0.29, 0.717) is 25.7 Å². The van der Waals surface area contributed by atoms with Gasteiger partial charge >= 0.3 is 5.97 Å². The van der Waals surface area contributed by atoms with Gasteiger partial charge in [0.25, 0.3) is 0 Å². The van der Waals surface area contributed by atoms with Gasteiger partial charge in [0, 0.05) is 0 Å². The molecule has 0 aromatic carbocycles. The first-order chi connectivity index (χ1) is 6.49. The van der Waals surface area contributed by atoms with Gasteiger partial charge in [-0.1, -0.05) is 6.92 Å². The molecule has 84 valence electrons. The smallest absolute Gasteiger partial charge is 0.320 e. The SMILES string of the molecule is CCC(N)C(=O)O.NCCC(N)C=O. The van der Waals surface area contributed by atoms with Gasteiger partial charge in [0.05, 0.1) is 6.04 Å². The average molecular weight is 205 g/mol. The number of aliphatic carboxylic acids is 1. The molecule has 0 amide bonds. The van der Waals surface area contributed by atoms with Crippen LogP contribution in [-0.4, -0.2) is 36.0 Å². The third-order valence-electron chi connectivity index (χ3n) is 1.43. The molecule has 6 heteroatoms. The molecule has 2 atom stereocenters. The van der Waals surface area contributed by atoms with Crippen LogP contribution in [0.2, 0.25) is 0 Å². The number of rotatable bonds is 5. The zero-order valence-electron chi connectivity index (χ0n) is 8.35. The second-order valence-electron chi connectivity index (χ2n) is 2.73. The first kappa shape index (κ1) is 15.5. The molecule has 0 fully saturated rings. The maximum absolute atomic E-state index is 9.81. The Kier molecular flexibility index (Phi) is 11.2. The molecule has 0 heterocycles. The summed E-state index contributed by atoms with van der Waals surface area (Å²) in [6.07, 6.45) is 1.78. The maximum atomic E-state index is 9.81. The van der Waals surface area contributed by atoms with Crippen molar-refractivity contribution in [1.29, 1.82) is 0 Å². The van der Waals surface area contributed by atoms with Crippen LogP contribution in [0.15, 0.2) is 0 Å². The minimum Gasteiger partial charge on any atom is -0.480 e. The Morgan fingerprint density at radius 3 is 2.07 bits per heavy atom. The minimum atomic E-state index is -0.928. The number of hydrogen-bond donors (Lipinski definition) is 4. The van der Waals surface area contributed by atoms with Crippen LogP contribution < -0.4 is 17.2 Å². The number of carbonyl (C=O) groups excluding carboxylic acids is 1. The van der Waals surface area contributed by atoms with Gasteiger partial charge in [0.2, 0.25) is 0 Å². The highest BCUT2D eigenvalue weighted by Gasteiger charge is 2.05. The molecule has 0 saturated heterocycles. The predicted molar refractivity (Wildman–Crippen MR) is 53.6 cm³/mol. The Balaban J connectivity index is 0. The summed E-state index contributed by atoms with van der Waals surface area (Å²) in [5, 5.41) is 8.06. The Bertz CT molecular complexity index is 164. The third kappa shape index (κ3) is 11.0. The fourth-order valence-electron chi connectivity index (χ4n) is 0.435. The lowest BCUT2D eigenvalue weighted by Crippen LogP contribution is -2.28. The lowest BCUT2D eigenvalue weighted by molar-refractivity contribution is -0.138. The monoisotopic (exact) mass is 205 g/mol. The summed E-state index contributed by atoms with van der Waals surface area (Å²) in [4.78, 5) is 19.5. The van der Waals surface area contributed by atoms with Crippen molar-refractivity contribution >= 4 is 12.3 Å². The normalized spacial score (nSPS) is 13.4. The van der Waals surface area contributed by atoms with Crippen LogP contribution in [0.3, 0.4) is 0 Å². The molecule has 0 aromatic heterocycles. The molecule has 0 aromatic rings. The molecular formula is C8H19N3O3. The lowest BCUT2D eigenvalue weighted by atomic mass is 10.2. The number of aldehydes is 1. The van der Waals surface area contributed by atoms with E-state index in [1.54, 1.807) is 6.92 Å². The van der Waals surface area contributed by atoms with E-state index in [1.807, 2.05) is 0 Å². The van der Waals surface area contributed by atoms with Crippen molar-refractivity contribution in [2.75, 3.05) is 6.54 Å². The summed E-state index contributed by atoms with van der Waals surface area (Å²) in [7, 11) is 0. The van der Waals surface area contributed by atoms with E-state index in [4.69, 9.17) is 22.3 Å². The van der Waals surface area contributed by atoms with Gasteiger partial charge in [-0.15, -0.1) is 0 Å². The van der Waals surface area contributed by atoms with Crippen molar-refractivity contribution in [1.82, 2.24) is 0 Å². The van der Waals surface area contributed by atoms with Crippen molar-refractivity contribution < 1.29 is 14.7 Å². The van der Waals surface area contributed by atoms with Crippen molar-refractivity contribution in [2.45, 2.75) is 31.8 Å². The van der Waals surface area contributed by atoms with Crippen LogP contribution in [0, 0.1) is 0 Å². The average Bonchev–Trinajstić information content (AvgIpc) is 2.17. The minimum absolute atomic E-state index is 0.356. The highest BCUT2D eigenvalue weighted by molar-refractivity contribution is 5.72. The van der Waals surface area contributed by atoms with Crippen molar-refractivity contribution in [2.24, 2.45) is 17.2 Å². The molecule has 0 bridgehead atoms. The van der Waals surface area contributed by atoms with E-state index in [9.17, 15) is 9.59 Å². The Hall–Kier alpha value is -0.980. The Labute approximate surface area is 83.4 Å². The summed E-state index contributed by atoms with van der Waals surface area (Å²) >= 11 is 0. The van der Waals surface area contributed by atoms with E-state index in [1.165, 1.54) is 0 Å². The van der Waals surface area contributed by atoms with Gasteiger partial charge in [-0.3, -0.25) is 4.79 Å². The number of carboxylic acids is 1. The van der Waals surface area contributed by atoms with Crippen molar-refractivity contribution in [3.05, 3.63) is 0 Å².